The van der Waals surface area contributed by atoms with E-state index < -0.39 is 0 Å². The van der Waals surface area contributed by atoms with E-state index in [1.165, 1.54) is 5.56 Å². The number of hydrogen-bond donors (Lipinski definition) is 1. The van der Waals surface area contributed by atoms with Crippen molar-refractivity contribution in [1.29, 1.82) is 0 Å². The highest BCUT2D eigenvalue weighted by Gasteiger charge is 2.10. The lowest BCUT2D eigenvalue weighted by Gasteiger charge is -2.08. The first kappa shape index (κ1) is 16.9. The van der Waals surface area contributed by atoms with E-state index in [-0.39, 0.29) is 24.5 Å². The molecule has 0 unspecified atom stereocenters. The number of carbonyl (C=O) groups excluding carboxylic acids is 2. The van der Waals surface area contributed by atoms with E-state index >= 15 is 0 Å². The lowest BCUT2D eigenvalue weighted by atomic mass is 9.99. The quantitative estimate of drug-likeness (QED) is 0.785. The molecule has 0 aliphatic heterocycles. The number of para-hydroxylation sites is 1. The Balaban J connectivity index is 1.88. The Morgan fingerprint density at radius 2 is 1.61 bits per heavy atom. The molecule has 0 saturated heterocycles. The molecular formula is C20H23NO2. The highest BCUT2D eigenvalue weighted by Crippen LogP contribution is 2.17. The van der Waals surface area contributed by atoms with Crippen molar-refractivity contribution in [3.8, 4) is 0 Å². The first-order chi connectivity index (χ1) is 11.0. The van der Waals surface area contributed by atoms with Crippen LogP contribution in [-0.4, -0.2) is 11.7 Å². The topological polar surface area (TPSA) is 46.2 Å². The molecule has 0 bridgehead atoms. The minimum atomic E-state index is -0.133. The number of anilines is 1. The minimum Gasteiger partial charge on any atom is -0.326 e. The third-order valence-electron chi connectivity index (χ3n) is 3.90. The Labute approximate surface area is 137 Å². The smallest absolute Gasteiger partial charge is 0.224 e. The van der Waals surface area contributed by atoms with Crippen LogP contribution in [0.1, 0.15) is 54.1 Å². The van der Waals surface area contributed by atoms with E-state index in [0.29, 0.717) is 11.5 Å². The zero-order chi connectivity index (χ0) is 16.8. The predicted octanol–water partition coefficient (Wildman–Crippen LogP) is 4.72. The standard InChI is InChI=1S/C20H23NO2/c1-14(2)16-8-10-17(11-9-16)19(22)12-13-20(23)21-18-7-5-4-6-15(18)3/h4-11,14H,12-13H2,1-3H3,(H,21,23). The van der Waals surface area contributed by atoms with Gasteiger partial charge in [-0.25, -0.2) is 0 Å². The molecule has 2 aromatic carbocycles. The fourth-order valence-corrected chi connectivity index (χ4v) is 2.35. The third-order valence-corrected chi connectivity index (χ3v) is 3.90. The molecule has 120 valence electrons. The maximum Gasteiger partial charge on any atom is 0.224 e. The van der Waals surface area contributed by atoms with Crippen LogP contribution in [0.3, 0.4) is 0 Å². The van der Waals surface area contributed by atoms with E-state index in [0.717, 1.165) is 11.3 Å². The normalized spacial score (nSPS) is 10.6. The number of amides is 1. The Hall–Kier alpha value is -2.42. The summed E-state index contributed by atoms with van der Waals surface area (Å²) in [6.45, 7) is 6.18. The lowest BCUT2D eigenvalue weighted by molar-refractivity contribution is -0.116. The summed E-state index contributed by atoms with van der Waals surface area (Å²) in [5.41, 5.74) is 3.68. The van der Waals surface area contributed by atoms with Crippen LogP contribution in [0, 0.1) is 6.92 Å². The molecule has 0 saturated carbocycles. The summed E-state index contributed by atoms with van der Waals surface area (Å²) in [5, 5.41) is 2.85. The molecule has 1 amide bonds. The van der Waals surface area contributed by atoms with Crippen LogP contribution in [0.2, 0.25) is 0 Å². The van der Waals surface area contributed by atoms with Crippen molar-refractivity contribution in [2.45, 2.75) is 39.5 Å². The summed E-state index contributed by atoms with van der Waals surface area (Å²) in [7, 11) is 0. The number of carbonyl (C=O) groups is 2. The summed E-state index contributed by atoms with van der Waals surface area (Å²) < 4.78 is 0. The van der Waals surface area contributed by atoms with E-state index in [2.05, 4.69) is 19.2 Å². The van der Waals surface area contributed by atoms with Gasteiger partial charge in [-0.1, -0.05) is 56.3 Å². The Bertz CT molecular complexity index is 687. The van der Waals surface area contributed by atoms with Crippen LogP contribution in [0.15, 0.2) is 48.5 Å². The van der Waals surface area contributed by atoms with Gasteiger partial charge in [0.25, 0.3) is 0 Å². The number of hydrogen-bond acceptors (Lipinski definition) is 2. The minimum absolute atomic E-state index is 0.000222. The van der Waals surface area contributed by atoms with Crippen LogP contribution >= 0.6 is 0 Å². The van der Waals surface area contributed by atoms with Crippen LogP contribution in [0.4, 0.5) is 5.69 Å². The van der Waals surface area contributed by atoms with Gasteiger partial charge in [0, 0.05) is 24.1 Å². The fraction of sp³-hybridized carbons (Fsp3) is 0.300. The number of benzene rings is 2. The monoisotopic (exact) mass is 309 g/mol. The molecule has 0 fully saturated rings. The second-order valence-corrected chi connectivity index (χ2v) is 6.06. The van der Waals surface area contributed by atoms with Crippen molar-refractivity contribution in [2.24, 2.45) is 0 Å². The van der Waals surface area contributed by atoms with Crippen LogP contribution in [0.5, 0.6) is 0 Å². The number of aryl methyl sites for hydroxylation is 1. The number of nitrogens with one attached hydrogen (secondary N) is 1. The van der Waals surface area contributed by atoms with Crippen molar-refractivity contribution >= 4 is 17.4 Å². The van der Waals surface area contributed by atoms with Gasteiger partial charge in [-0.2, -0.15) is 0 Å². The van der Waals surface area contributed by atoms with Gasteiger partial charge in [0.05, 0.1) is 0 Å². The molecule has 3 nitrogen and oxygen atoms in total. The zero-order valence-corrected chi connectivity index (χ0v) is 13.9. The van der Waals surface area contributed by atoms with Crippen molar-refractivity contribution in [3.63, 3.8) is 0 Å². The van der Waals surface area contributed by atoms with Crippen molar-refractivity contribution in [2.75, 3.05) is 5.32 Å². The Morgan fingerprint density at radius 1 is 0.957 bits per heavy atom. The molecular weight excluding hydrogens is 286 g/mol. The van der Waals surface area contributed by atoms with Gasteiger partial charge in [0.1, 0.15) is 0 Å². The average molecular weight is 309 g/mol. The first-order valence-electron chi connectivity index (χ1n) is 7.96. The van der Waals surface area contributed by atoms with E-state index in [1.54, 1.807) is 0 Å². The molecule has 0 aromatic heterocycles. The van der Waals surface area contributed by atoms with Crippen molar-refractivity contribution in [3.05, 3.63) is 65.2 Å². The fourth-order valence-electron chi connectivity index (χ4n) is 2.35. The van der Waals surface area contributed by atoms with E-state index in [4.69, 9.17) is 0 Å². The molecule has 0 heterocycles. The largest absolute Gasteiger partial charge is 0.326 e. The SMILES string of the molecule is Cc1ccccc1NC(=O)CCC(=O)c1ccc(C(C)C)cc1. The molecule has 3 heteroatoms. The summed E-state index contributed by atoms with van der Waals surface area (Å²) in [5.74, 6) is 0.311. The highest BCUT2D eigenvalue weighted by atomic mass is 16.2. The highest BCUT2D eigenvalue weighted by molar-refractivity contribution is 6.00. The maximum atomic E-state index is 12.2. The molecule has 0 radical (unpaired) electrons. The Morgan fingerprint density at radius 3 is 2.22 bits per heavy atom. The van der Waals surface area contributed by atoms with Crippen molar-refractivity contribution in [1.82, 2.24) is 0 Å². The number of ketones is 1. The van der Waals surface area contributed by atoms with Gasteiger partial charge in [0.15, 0.2) is 5.78 Å². The third kappa shape index (κ3) is 4.78. The zero-order valence-electron chi connectivity index (χ0n) is 13.9. The molecule has 0 spiro atoms. The average Bonchev–Trinajstić information content (AvgIpc) is 2.55. The molecule has 1 N–H and O–H groups in total. The second-order valence-electron chi connectivity index (χ2n) is 6.06. The van der Waals surface area contributed by atoms with Crippen molar-refractivity contribution < 1.29 is 9.59 Å². The van der Waals surface area contributed by atoms with Crippen LogP contribution in [0.25, 0.3) is 0 Å². The maximum absolute atomic E-state index is 12.2. The molecule has 2 rings (SSSR count). The van der Waals surface area contributed by atoms with Gasteiger partial charge < -0.3 is 5.32 Å². The van der Waals surface area contributed by atoms with Gasteiger partial charge in [-0.3, -0.25) is 9.59 Å². The van der Waals surface area contributed by atoms with Gasteiger partial charge in [0.2, 0.25) is 5.91 Å². The van der Waals surface area contributed by atoms with E-state index in [9.17, 15) is 9.59 Å². The first-order valence-corrected chi connectivity index (χ1v) is 7.96. The van der Waals surface area contributed by atoms with Gasteiger partial charge >= 0.3 is 0 Å². The lowest BCUT2D eigenvalue weighted by Crippen LogP contribution is -2.14. The van der Waals surface area contributed by atoms with E-state index in [1.807, 2.05) is 55.5 Å². The second kappa shape index (κ2) is 7.73. The molecule has 0 aliphatic rings. The molecule has 0 atom stereocenters. The number of Topliss-reactive ketones (excluding diaryl/α,β-unsaturated/α-hetero) is 1. The van der Waals surface area contributed by atoms with Crippen LogP contribution in [-0.2, 0) is 4.79 Å². The molecule has 23 heavy (non-hydrogen) atoms. The summed E-state index contributed by atoms with van der Waals surface area (Å²) in [6.07, 6.45) is 0.415. The van der Waals surface area contributed by atoms with Gasteiger partial charge in [-0.05, 0) is 30.0 Å². The number of rotatable bonds is 6. The Kier molecular flexibility index (Phi) is 5.69. The summed E-state index contributed by atoms with van der Waals surface area (Å²) >= 11 is 0. The van der Waals surface area contributed by atoms with Crippen LogP contribution < -0.4 is 5.32 Å². The molecule has 0 aliphatic carbocycles. The van der Waals surface area contributed by atoms with Gasteiger partial charge in [-0.15, -0.1) is 0 Å². The molecule has 2 aromatic rings. The summed E-state index contributed by atoms with van der Waals surface area (Å²) in [6, 6.07) is 15.3. The predicted molar refractivity (Wildman–Crippen MR) is 93.9 cm³/mol. The summed E-state index contributed by atoms with van der Waals surface area (Å²) in [4.78, 5) is 24.2.